The van der Waals surface area contributed by atoms with Crippen molar-refractivity contribution >= 4 is 5.78 Å². The van der Waals surface area contributed by atoms with Crippen molar-refractivity contribution in [1.82, 2.24) is 0 Å². The van der Waals surface area contributed by atoms with Crippen LogP contribution >= 0.6 is 0 Å². The Bertz CT molecular complexity index is 162. The molecule has 0 N–H and O–H groups in total. The summed E-state index contributed by atoms with van der Waals surface area (Å²) in [4.78, 5) is 11.2. The van der Waals surface area contributed by atoms with E-state index >= 15 is 0 Å². The summed E-state index contributed by atoms with van der Waals surface area (Å²) in [5.41, 5.74) is 1.10. The molecule has 1 heteroatoms. The summed E-state index contributed by atoms with van der Waals surface area (Å²) in [6.45, 7) is 8.29. The molecule has 0 rings (SSSR count). The van der Waals surface area contributed by atoms with Gasteiger partial charge in [-0.25, -0.2) is 0 Å². The van der Waals surface area contributed by atoms with Crippen molar-refractivity contribution in [2.45, 2.75) is 47.0 Å². The van der Waals surface area contributed by atoms with Crippen LogP contribution in [0.4, 0.5) is 0 Å². The zero-order chi connectivity index (χ0) is 9.56. The van der Waals surface area contributed by atoms with Gasteiger partial charge in [0.25, 0.3) is 0 Å². The Kier molecular flexibility index (Phi) is 5.69. The number of ketones is 1. The minimum Gasteiger partial charge on any atom is -0.295 e. The lowest BCUT2D eigenvalue weighted by Crippen LogP contribution is -1.95. The minimum absolute atomic E-state index is 0.274. The highest BCUT2D eigenvalue weighted by Crippen LogP contribution is 2.07. The molecule has 0 radical (unpaired) electrons. The third-order valence-corrected chi connectivity index (χ3v) is 1.65. The normalized spacial score (nSPS) is 10.1. The lowest BCUT2D eigenvalue weighted by atomic mass is 10.0. The van der Waals surface area contributed by atoms with E-state index < -0.39 is 0 Å². The Labute approximate surface area is 75.9 Å². The van der Waals surface area contributed by atoms with Gasteiger partial charge in [0.15, 0.2) is 5.78 Å². The number of hydrogen-bond acceptors (Lipinski definition) is 1. The van der Waals surface area contributed by atoms with Crippen LogP contribution in [-0.2, 0) is 4.79 Å². The van der Waals surface area contributed by atoms with Gasteiger partial charge < -0.3 is 0 Å². The van der Waals surface area contributed by atoms with Crippen molar-refractivity contribution in [3.8, 4) is 0 Å². The molecular weight excluding hydrogens is 148 g/mol. The van der Waals surface area contributed by atoms with Crippen LogP contribution in [0.25, 0.3) is 0 Å². The van der Waals surface area contributed by atoms with E-state index in [0.717, 1.165) is 18.4 Å². The highest BCUT2D eigenvalue weighted by atomic mass is 16.1. The van der Waals surface area contributed by atoms with E-state index in [0.29, 0.717) is 12.3 Å². The van der Waals surface area contributed by atoms with Gasteiger partial charge in [-0.3, -0.25) is 4.79 Å². The Morgan fingerprint density at radius 3 is 2.33 bits per heavy atom. The van der Waals surface area contributed by atoms with Gasteiger partial charge in [0.2, 0.25) is 0 Å². The standard InChI is InChI=1S/C11H20O/c1-9(2)6-5-7-11(12)8-10(3)4/h8-9H,5-7H2,1-4H3. The lowest BCUT2D eigenvalue weighted by molar-refractivity contribution is -0.114. The van der Waals surface area contributed by atoms with Gasteiger partial charge in [0, 0.05) is 6.42 Å². The highest BCUT2D eigenvalue weighted by Gasteiger charge is 1.99. The van der Waals surface area contributed by atoms with Gasteiger partial charge in [0.1, 0.15) is 0 Å². The molecule has 0 saturated carbocycles. The third kappa shape index (κ3) is 7.52. The molecular formula is C11H20O. The second-order valence-corrected chi connectivity index (χ2v) is 3.97. The third-order valence-electron chi connectivity index (χ3n) is 1.65. The van der Waals surface area contributed by atoms with E-state index in [4.69, 9.17) is 0 Å². The first-order valence-corrected chi connectivity index (χ1v) is 4.70. The summed E-state index contributed by atoms with van der Waals surface area (Å²) in [5.74, 6) is 0.986. The molecule has 0 amide bonds. The predicted octanol–water partition coefficient (Wildman–Crippen LogP) is 3.35. The van der Waals surface area contributed by atoms with Crippen LogP contribution in [0.2, 0.25) is 0 Å². The molecule has 0 fully saturated rings. The zero-order valence-corrected chi connectivity index (χ0v) is 8.68. The van der Waals surface area contributed by atoms with Gasteiger partial charge in [-0.05, 0) is 32.3 Å². The van der Waals surface area contributed by atoms with Gasteiger partial charge in [0.05, 0.1) is 0 Å². The summed E-state index contributed by atoms with van der Waals surface area (Å²) < 4.78 is 0. The van der Waals surface area contributed by atoms with E-state index in [1.165, 1.54) is 0 Å². The van der Waals surface area contributed by atoms with E-state index in [9.17, 15) is 4.79 Å². The summed E-state index contributed by atoms with van der Waals surface area (Å²) in [6, 6.07) is 0. The van der Waals surface area contributed by atoms with Crippen LogP contribution < -0.4 is 0 Å². The van der Waals surface area contributed by atoms with Gasteiger partial charge in [-0.2, -0.15) is 0 Å². The van der Waals surface area contributed by atoms with Crippen molar-refractivity contribution in [1.29, 1.82) is 0 Å². The first kappa shape index (κ1) is 11.4. The van der Waals surface area contributed by atoms with Gasteiger partial charge >= 0.3 is 0 Å². The van der Waals surface area contributed by atoms with Crippen LogP contribution in [0.1, 0.15) is 47.0 Å². The maximum Gasteiger partial charge on any atom is 0.155 e. The predicted molar refractivity (Wildman–Crippen MR) is 53.1 cm³/mol. The fourth-order valence-electron chi connectivity index (χ4n) is 1.08. The Hall–Kier alpha value is -0.590. The van der Waals surface area contributed by atoms with Crippen LogP contribution in [0.3, 0.4) is 0 Å². The molecule has 0 heterocycles. The highest BCUT2D eigenvalue weighted by molar-refractivity contribution is 5.90. The Morgan fingerprint density at radius 2 is 1.92 bits per heavy atom. The number of allylic oxidation sites excluding steroid dienone is 2. The molecule has 0 aromatic heterocycles. The molecule has 70 valence electrons. The minimum atomic E-state index is 0.274. The largest absolute Gasteiger partial charge is 0.295 e. The van der Waals surface area contributed by atoms with Crippen LogP contribution in [-0.4, -0.2) is 5.78 Å². The molecule has 0 aliphatic heterocycles. The average Bonchev–Trinajstić information content (AvgIpc) is 1.84. The molecule has 0 aliphatic rings. The molecule has 0 unspecified atom stereocenters. The van der Waals surface area contributed by atoms with Crippen LogP contribution in [0.5, 0.6) is 0 Å². The van der Waals surface area contributed by atoms with E-state index in [1.807, 2.05) is 13.8 Å². The monoisotopic (exact) mass is 168 g/mol. The average molecular weight is 168 g/mol. The molecule has 0 aliphatic carbocycles. The van der Waals surface area contributed by atoms with Crippen molar-refractivity contribution in [2.75, 3.05) is 0 Å². The summed E-state index contributed by atoms with van der Waals surface area (Å²) >= 11 is 0. The molecule has 1 nitrogen and oxygen atoms in total. The van der Waals surface area contributed by atoms with E-state index in [2.05, 4.69) is 13.8 Å². The number of carbonyl (C=O) groups excluding carboxylic acids is 1. The number of hydrogen-bond donors (Lipinski definition) is 0. The maximum absolute atomic E-state index is 11.2. The summed E-state index contributed by atoms with van der Waals surface area (Å²) in [6.07, 6.45) is 4.63. The molecule has 0 spiro atoms. The fraction of sp³-hybridized carbons (Fsp3) is 0.727. The van der Waals surface area contributed by atoms with Crippen LogP contribution in [0.15, 0.2) is 11.6 Å². The van der Waals surface area contributed by atoms with Crippen molar-refractivity contribution in [3.05, 3.63) is 11.6 Å². The SMILES string of the molecule is CC(C)=CC(=O)CCCC(C)C. The maximum atomic E-state index is 11.2. The molecule has 0 saturated heterocycles. The number of carbonyl (C=O) groups is 1. The molecule has 0 bridgehead atoms. The molecule has 12 heavy (non-hydrogen) atoms. The van der Waals surface area contributed by atoms with E-state index in [-0.39, 0.29) is 5.78 Å². The number of rotatable bonds is 5. The van der Waals surface area contributed by atoms with E-state index in [1.54, 1.807) is 6.08 Å². The summed E-state index contributed by atoms with van der Waals surface area (Å²) in [7, 11) is 0. The Balaban J connectivity index is 3.52. The van der Waals surface area contributed by atoms with Crippen molar-refractivity contribution < 1.29 is 4.79 Å². The first-order valence-electron chi connectivity index (χ1n) is 4.70. The second kappa shape index (κ2) is 5.99. The van der Waals surface area contributed by atoms with Gasteiger partial charge in [-0.15, -0.1) is 0 Å². The van der Waals surface area contributed by atoms with Gasteiger partial charge in [-0.1, -0.05) is 25.8 Å². The zero-order valence-electron chi connectivity index (χ0n) is 8.68. The lowest BCUT2D eigenvalue weighted by Gasteiger charge is -2.01. The van der Waals surface area contributed by atoms with Crippen molar-refractivity contribution in [3.63, 3.8) is 0 Å². The smallest absolute Gasteiger partial charge is 0.155 e. The molecule has 0 aromatic carbocycles. The first-order chi connectivity index (χ1) is 5.52. The molecule has 0 atom stereocenters. The quantitative estimate of drug-likeness (QED) is 0.575. The second-order valence-electron chi connectivity index (χ2n) is 3.97. The fourth-order valence-corrected chi connectivity index (χ4v) is 1.08. The Morgan fingerprint density at radius 1 is 1.33 bits per heavy atom. The van der Waals surface area contributed by atoms with Crippen molar-refractivity contribution in [2.24, 2.45) is 5.92 Å². The van der Waals surface area contributed by atoms with Crippen LogP contribution in [0, 0.1) is 5.92 Å². The summed E-state index contributed by atoms with van der Waals surface area (Å²) in [5, 5.41) is 0. The topological polar surface area (TPSA) is 17.1 Å². The molecule has 0 aromatic rings.